The van der Waals surface area contributed by atoms with E-state index in [1.54, 1.807) is 14.2 Å². The van der Waals surface area contributed by atoms with Crippen LogP contribution in [0.15, 0.2) is 133 Å². The van der Waals surface area contributed by atoms with Gasteiger partial charge in [-0.05, 0) is 102 Å². The number of para-hydroxylation sites is 2. The third-order valence-electron chi connectivity index (χ3n) is 9.26. The lowest BCUT2D eigenvalue weighted by Crippen LogP contribution is -2.04. The lowest BCUT2D eigenvalue weighted by Gasteiger charge is -2.16. The summed E-state index contributed by atoms with van der Waals surface area (Å²) in [6, 6.07) is 42.3. The van der Waals surface area contributed by atoms with E-state index in [1.165, 1.54) is 0 Å². The summed E-state index contributed by atoms with van der Waals surface area (Å²) in [5.41, 5.74) is 7.82. The van der Waals surface area contributed by atoms with Crippen molar-refractivity contribution in [3.05, 3.63) is 145 Å². The second-order valence-corrected chi connectivity index (χ2v) is 12.9. The average molecular weight is 743 g/mol. The molecule has 0 aliphatic rings. The van der Waals surface area contributed by atoms with Gasteiger partial charge in [0.05, 0.1) is 44.2 Å². The zero-order valence-corrected chi connectivity index (χ0v) is 30.6. The van der Waals surface area contributed by atoms with Crippen LogP contribution in [0.2, 0.25) is 0 Å². The van der Waals surface area contributed by atoms with Crippen LogP contribution in [0.5, 0.6) is 11.5 Å². The van der Waals surface area contributed by atoms with Crippen molar-refractivity contribution in [3.8, 4) is 22.6 Å². The third kappa shape index (κ3) is 7.69. The monoisotopic (exact) mass is 742 g/mol. The summed E-state index contributed by atoms with van der Waals surface area (Å²) in [4.78, 5) is 19.2. The summed E-state index contributed by atoms with van der Waals surface area (Å²) in [5.74, 6) is 3.39. The van der Waals surface area contributed by atoms with Crippen LogP contribution in [-0.2, 0) is 13.2 Å². The molecule has 0 saturated carbocycles. The Morgan fingerprint density at radius 1 is 0.500 bits per heavy atom. The predicted molar refractivity (Wildman–Crippen MR) is 222 cm³/mol. The second-order valence-electron chi connectivity index (χ2n) is 12.9. The fourth-order valence-corrected chi connectivity index (χ4v) is 6.34. The summed E-state index contributed by atoms with van der Waals surface area (Å²) >= 11 is 0. The third-order valence-corrected chi connectivity index (χ3v) is 9.26. The molecule has 0 aliphatic heterocycles. The topological polar surface area (TPSA) is 159 Å². The molecule has 0 atom stereocenters. The van der Waals surface area contributed by atoms with Crippen LogP contribution in [0.1, 0.15) is 11.1 Å². The van der Waals surface area contributed by atoms with Gasteiger partial charge in [-0.2, -0.15) is 9.97 Å². The molecule has 0 radical (unpaired) electrons. The lowest BCUT2D eigenvalue weighted by molar-refractivity contribution is 0.282. The van der Waals surface area contributed by atoms with Crippen molar-refractivity contribution in [3.63, 3.8) is 0 Å². The predicted octanol–water partition coefficient (Wildman–Crippen LogP) is 9.22. The number of anilines is 8. The molecule has 0 aliphatic carbocycles. The Morgan fingerprint density at radius 3 is 1.59 bits per heavy atom. The maximum Gasteiger partial charge on any atom is 0.229 e. The summed E-state index contributed by atoms with van der Waals surface area (Å²) in [5, 5.41) is 35.1. The number of methoxy groups -OCH3 is 2. The highest BCUT2D eigenvalue weighted by Crippen LogP contribution is 2.36. The number of aromatic nitrogens is 4. The molecule has 2 aromatic heterocycles. The first-order valence-electron chi connectivity index (χ1n) is 17.9. The molecule has 12 heteroatoms. The van der Waals surface area contributed by atoms with E-state index in [0.29, 0.717) is 46.2 Å². The maximum atomic E-state index is 10.5. The highest BCUT2D eigenvalue weighted by Gasteiger charge is 2.15. The molecule has 0 bridgehead atoms. The van der Waals surface area contributed by atoms with Crippen molar-refractivity contribution in [1.82, 2.24) is 19.9 Å². The van der Waals surface area contributed by atoms with E-state index in [-0.39, 0.29) is 13.2 Å². The van der Waals surface area contributed by atoms with E-state index in [4.69, 9.17) is 29.4 Å². The quantitative estimate of drug-likeness (QED) is 0.0666. The lowest BCUT2D eigenvalue weighted by atomic mass is 10.0. The number of benzene rings is 6. The Morgan fingerprint density at radius 2 is 1.04 bits per heavy atom. The van der Waals surface area contributed by atoms with Crippen LogP contribution in [-0.4, -0.2) is 44.4 Å². The van der Waals surface area contributed by atoms with Gasteiger partial charge in [0.15, 0.2) is 0 Å². The minimum atomic E-state index is -0.210. The van der Waals surface area contributed by atoms with Crippen LogP contribution in [0, 0.1) is 0 Å². The molecule has 0 fully saturated rings. The molecule has 8 rings (SSSR count). The molecular weight excluding hydrogens is 705 g/mol. The molecule has 6 N–H and O–H groups in total. The summed E-state index contributed by atoms with van der Waals surface area (Å²) in [6.45, 7) is -0.233. The van der Waals surface area contributed by atoms with E-state index in [9.17, 15) is 10.2 Å². The number of nitrogens with one attached hydrogen (secondary N) is 4. The number of ether oxygens (including phenoxy) is 2. The van der Waals surface area contributed by atoms with E-state index in [1.807, 2.05) is 133 Å². The largest absolute Gasteiger partial charge is 0.497 e. The van der Waals surface area contributed by atoms with Gasteiger partial charge in [0, 0.05) is 33.4 Å². The smallest absolute Gasteiger partial charge is 0.229 e. The van der Waals surface area contributed by atoms with Gasteiger partial charge in [0.2, 0.25) is 11.9 Å². The van der Waals surface area contributed by atoms with Crippen LogP contribution in [0.3, 0.4) is 0 Å². The minimum absolute atomic E-state index is 0.0238. The number of nitrogens with zero attached hydrogens (tertiary/aromatic N) is 4. The Labute approximate surface area is 322 Å². The van der Waals surface area contributed by atoms with Gasteiger partial charge in [-0.3, -0.25) is 0 Å². The van der Waals surface area contributed by atoms with Crippen LogP contribution < -0.4 is 30.7 Å². The highest BCUT2D eigenvalue weighted by molar-refractivity contribution is 5.93. The standard InChI is InChI=1S/C44H38N8O4/c1-55-33-19-17-32(18-20-33)46-42-34-7-3-5-9-37(34)48-43(51-42)47-36-21-13-28(23-30(36)26-54)29-14-22-39(40(24-29)56-2)50-44-49-38-10-6-4-8-35(38)41(52-44)45-31-15-11-27(25-53)12-16-31/h3-24,53-54H,25-26H2,1-2H3,(H2,45,49,50,52)(H2,46,47,48,51). The molecule has 8 aromatic rings. The van der Waals surface area contributed by atoms with Crippen molar-refractivity contribution in [2.75, 3.05) is 35.5 Å². The van der Waals surface area contributed by atoms with E-state index in [2.05, 4.69) is 21.3 Å². The fraction of sp³-hybridized carbons (Fsp3) is 0.0909. The molecule has 0 unspecified atom stereocenters. The van der Waals surface area contributed by atoms with Crippen molar-refractivity contribution in [2.45, 2.75) is 13.2 Å². The summed E-state index contributed by atoms with van der Waals surface area (Å²) in [6.07, 6.45) is 0. The number of aliphatic hydroxyl groups excluding tert-OH is 2. The molecule has 56 heavy (non-hydrogen) atoms. The Kier molecular flexibility index (Phi) is 10.2. The second kappa shape index (κ2) is 16.0. The molecule has 0 amide bonds. The SMILES string of the molecule is COc1ccc(Nc2nc(Nc3ccc(-c4ccc(Nc5nc(Nc6ccc(CO)cc6)c6ccccc6n5)c(OC)c4)cc3CO)nc3ccccc23)cc1. The van der Waals surface area contributed by atoms with Crippen molar-refractivity contribution >= 4 is 68.1 Å². The summed E-state index contributed by atoms with van der Waals surface area (Å²) < 4.78 is 11.1. The molecular formula is C44H38N8O4. The van der Waals surface area contributed by atoms with Crippen LogP contribution in [0.25, 0.3) is 32.9 Å². The van der Waals surface area contributed by atoms with Gasteiger partial charge in [-0.25, -0.2) is 9.97 Å². The van der Waals surface area contributed by atoms with Gasteiger partial charge < -0.3 is 41.0 Å². The normalized spacial score (nSPS) is 11.0. The molecule has 0 spiro atoms. The zero-order valence-electron chi connectivity index (χ0n) is 30.6. The first kappa shape index (κ1) is 35.7. The van der Waals surface area contributed by atoms with Crippen LogP contribution >= 0.6 is 0 Å². The Balaban J connectivity index is 1.05. The van der Waals surface area contributed by atoms with Crippen molar-refractivity contribution in [1.29, 1.82) is 0 Å². The Hall–Kier alpha value is -7.28. The number of rotatable bonds is 13. The molecule has 12 nitrogen and oxygen atoms in total. The number of hydrogen-bond donors (Lipinski definition) is 6. The minimum Gasteiger partial charge on any atom is -0.497 e. The molecule has 278 valence electrons. The zero-order chi connectivity index (χ0) is 38.4. The number of hydrogen-bond acceptors (Lipinski definition) is 12. The number of aliphatic hydroxyl groups is 2. The van der Waals surface area contributed by atoms with Gasteiger partial charge in [-0.15, -0.1) is 0 Å². The molecule has 2 heterocycles. The number of fused-ring (bicyclic) bond motifs is 2. The van der Waals surface area contributed by atoms with Crippen molar-refractivity contribution in [2.24, 2.45) is 0 Å². The Bertz CT molecular complexity index is 2470. The maximum absolute atomic E-state index is 10.5. The van der Waals surface area contributed by atoms with E-state index in [0.717, 1.165) is 55.6 Å². The average Bonchev–Trinajstić information content (AvgIpc) is 3.24. The van der Waals surface area contributed by atoms with Gasteiger partial charge >= 0.3 is 0 Å². The highest BCUT2D eigenvalue weighted by atomic mass is 16.5. The van der Waals surface area contributed by atoms with Gasteiger partial charge in [0.25, 0.3) is 0 Å². The first-order chi connectivity index (χ1) is 27.5. The molecule has 6 aromatic carbocycles. The van der Waals surface area contributed by atoms with E-state index < -0.39 is 0 Å². The van der Waals surface area contributed by atoms with Crippen LogP contribution in [0.4, 0.5) is 46.3 Å². The van der Waals surface area contributed by atoms with E-state index >= 15 is 0 Å². The van der Waals surface area contributed by atoms with Gasteiger partial charge in [-0.1, -0.05) is 48.5 Å². The fourth-order valence-electron chi connectivity index (χ4n) is 6.34. The summed E-state index contributed by atoms with van der Waals surface area (Å²) in [7, 11) is 3.25. The molecule has 0 saturated heterocycles. The van der Waals surface area contributed by atoms with Gasteiger partial charge in [0.1, 0.15) is 23.1 Å². The first-order valence-corrected chi connectivity index (χ1v) is 17.9. The van der Waals surface area contributed by atoms with Crippen molar-refractivity contribution < 1.29 is 19.7 Å².